The topological polar surface area (TPSA) is 37.4 Å². The summed E-state index contributed by atoms with van der Waals surface area (Å²) in [4.78, 5) is 25.6. The standard InChI is InChI=1S/C23H33NO2/c1-16(25)24(17(2)26)15-23-13-6-8-21(23)19-10-9-18-7-4-5-12-22(18,3)20(19)11-14-23/h7,21H,4-6,8-15H2,1-3H3/t21-,22-,23-/m0/s1. The molecule has 0 bridgehead atoms. The molecule has 0 spiro atoms. The van der Waals surface area contributed by atoms with Gasteiger partial charge in [-0.05, 0) is 69.1 Å². The molecular weight excluding hydrogens is 322 g/mol. The average molecular weight is 356 g/mol. The van der Waals surface area contributed by atoms with Crippen molar-refractivity contribution in [1.29, 1.82) is 0 Å². The molecule has 26 heavy (non-hydrogen) atoms. The normalized spacial score (nSPS) is 36.0. The van der Waals surface area contributed by atoms with E-state index in [1.165, 1.54) is 76.5 Å². The maximum absolute atomic E-state index is 12.1. The molecule has 0 heterocycles. The summed E-state index contributed by atoms with van der Waals surface area (Å²) in [7, 11) is 0. The Labute approximate surface area is 157 Å². The van der Waals surface area contributed by atoms with Gasteiger partial charge in [0.2, 0.25) is 11.8 Å². The minimum absolute atomic E-state index is 0.0922. The van der Waals surface area contributed by atoms with Gasteiger partial charge in [-0.2, -0.15) is 0 Å². The van der Waals surface area contributed by atoms with E-state index < -0.39 is 0 Å². The van der Waals surface area contributed by atoms with Crippen molar-refractivity contribution in [2.45, 2.75) is 85.0 Å². The molecule has 1 saturated carbocycles. The Morgan fingerprint density at radius 2 is 1.85 bits per heavy atom. The lowest BCUT2D eigenvalue weighted by molar-refractivity contribution is -0.144. The van der Waals surface area contributed by atoms with Crippen LogP contribution in [0.1, 0.15) is 85.0 Å². The Morgan fingerprint density at radius 1 is 1.08 bits per heavy atom. The van der Waals surface area contributed by atoms with E-state index in [0.29, 0.717) is 17.9 Å². The maximum Gasteiger partial charge on any atom is 0.226 e. The van der Waals surface area contributed by atoms with Gasteiger partial charge in [-0.1, -0.05) is 36.1 Å². The molecule has 1 fully saturated rings. The molecule has 2 amide bonds. The zero-order valence-electron chi connectivity index (χ0n) is 16.7. The SMILES string of the molecule is CC(=O)N(C[C@@]12CCC[C@H]1C1=C(CC2)[C@@]2(C)CCCC=C2CC1)C(C)=O. The fourth-order valence-corrected chi connectivity index (χ4v) is 6.82. The van der Waals surface area contributed by atoms with Crippen LogP contribution in [0.2, 0.25) is 0 Å². The summed E-state index contributed by atoms with van der Waals surface area (Å²) >= 11 is 0. The predicted octanol–water partition coefficient (Wildman–Crippen LogP) is 5.17. The highest BCUT2D eigenvalue weighted by Crippen LogP contribution is 2.62. The Kier molecular flexibility index (Phi) is 4.40. The van der Waals surface area contributed by atoms with Gasteiger partial charge in [0.15, 0.2) is 0 Å². The van der Waals surface area contributed by atoms with Crippen molar-refractivity contribution >= 4 is 11.8 Å². The number of carbonyl (C=O) groups excluding carboxylic acids is 2. The summed E-state index contributed by atoms with van der Waals surface area (Å²) in [5, 5.41) is 0. The third-order valence-corrected chi connectivity index (χ3v) is 8.13. The van der Waals surface area contributed by atoms with E-state index in [9.17, 15) is 9.59 Å². The second-order valence-corrected chi connectivity index (χ2v) is 9.39. The second kappa shape index (κ2) is 6.35. The van der Waals surface area contributed by atoms with Crippen LogP contribution < -0.4 is 0 Å². The van der Waals surface area contributed by atoms with Crippen LogP contribution in [0.4, 0.5) is 0 Å². The second-order valence-electron chi connectivity index (χ2n) is 9.39. The van der Waals surface area contributed by atoms with E-state index in [0.717, 1.165) is 6.42 Å². The van der Waals surface area contributed by atoms with Crippen LogP contribution in [0, 0.1) is 16.7 Å². The van der Waals surface area contributed by atoms with Gasteiger partial charge in [0, 0.05) is 25.8 Å². The Morgan fingerprint density at radius 3 is 2.58 bits per heavy atom. The van der Waals surface area contributed by atoms with Crippen LogP contribution in [0.25, 0.3) is 0 Å². The summed E-state index contributed by atoms with van der Waals surface area (Å²) in [5.74, 6) is 0.406. The predicted molar refractivity (Wildman–Crippen MR) is 103 cm³/mol. The number of fused-ring (bicyclic) bond motifs is 4. The highest BCUT2D eigenvalue weighted by atomic mass is 16.2. The molecule has 0 radical (unpaired) electrons. The molecule has 142 valence electrons. The molecule has 3 atom stereocenters. The molecule has 0 unspecified atom stereocenters. The third-order valence-electron chi connectivity index (χ3n) is 8.13. The van der Waals surface area contributed by atoms with E-state index in [2.05, 4.69) is 13.0 Å². The summed E-state index contributed by atoms with van der Waals surface area (Å²) in [6.07, 6.45) is 14.8. The van der Waals surface area contributed by atoms with Crippen LogP contribution in [-0.4, -0.2) is 23.3 Å². The van der Waals surface area contributed by atoms with Gasteiger partial charge < -0.3 is 0 Å². The maximum atomic E-state index is 12.1. The fourth-order valence-electron chi connectivity index (χ4n) is 6.82. The lowest BCUT2D eigenvalue weighted by Crippen LogP contribution is -2.47. The van der Waals surface area contributed by atoms with Gasteiger partial charge in [-0.3, -0.25) is 14.5 Å². The minimum Gasteiger partial charge on any atom is -0.283 e. The van der Waals surface area contributed by atoms with Crippen LogP contribution in [-0.2, 0) is 9.59 Å². The van der Waals surface area contributed by atoms with Crippen LogP contribution >= 0.6 is 0 Å². The zero-order valence-corrected chi connectivity index (χ0v) is 16.7. The van der Waals surface area contributed by atoms with E-state index in [-0.39, 0.29) is 17.2 Å². The Bertz CT molecular complexity index is 689. The molecule has 3 nitrogen and oxygen atoms in total. The van der Waals surface area contributed by atoms with Crippen LogP contribution in [0.15, 0.2) is 22.8 Å². The Hall–Kier alpha value is -1.38. The van der Waals surface area contributed by atoms with E-state index in [1.807, 2.05) is 0 Å². The lowest BCUT2D eigenvalue weighted by Gasteiger charge is -2.52. The van der Waals surface area contributed by atoms with Crippen molar-refractivity contribution in [1.82, 2.24) is 4.90 Å². The van der Waals surface area contributed by atoms with E-state index in [4.69, 9.17) is 0 Å². The number of hydrogen-bond acceptors (Lipinski definition) is 2. The van der Waals surface area contributed by atoms with Crippen molar-refractivity contribution in [3.05, 3.63) is 22.8 Å². The monoisotopic (exact) mass is 355 g/mol. The molecule has 0 aromatic rings. The number of amides is 2. The smallest absolute Gasteiger partial charge is 0.226 e. The number of carbonyl (C=O) groups is 2. The molecule has 0 N–H and O–H groups in total. The number of hydrogen-bond donors (Lipinski definition) is 0. The van der Waals surface area contributed by atoms with Crippen LogP contribution in [0.3, 0.4) is 0 Å². The highest BCUT2D eigenvalue weighted by Gasteiger charge is 2.52. The first kappa shape index (κ1) is 18.0. The van der Waals surface area contributed by atoms with E-state index >= 15 is 0 Å². The number of imide groups is 1. The summed E-state index contributed by atoms with van der Waals surface area (Å²) in [6, 6.07) is 0. The summed E-state index contributed by atoms with van der Waals surface area (Å²) in [6.45, 7) is 6.21. The number of nitrogens with zero attached hydrogens (tertiary/aromatic N) is 1. The van der Waals surface area contributed by atoms with Gasteiger partial charge in [0.1, 0.15) is 0 Å². The first-order valence-electron chi connectivity index (χ1n) is 10.6. The summed E-state index contributed by atoms with van der Waals surface area (Å²) in [5.41, 5.74) is 5.61. The lowest BCUT2D eigenvalue weighted by atomic mass is 9.54. The van der Waals surface area contributed by atoms with Crippen molar-refractivity contribution in [3.63, 3.8) is 0 Å². The molecule has 3 heteroatoms. The highest BCUT2D eigenvalue weighted by molar-refractivity contribution is 5.92. The molecular formula is C23H33NO2. The fraction of sp³-hybridized carbons (Fsp3) is 0.739. The summed E-state index contributed by atoms with van der Waals surface area (Å²) < 4.78 is 0. The van der Waals surface area contributed by atoms with Crippen LogP contribution in [0.5, 0.6) is 0 Å². The van der Waals surface area contributed by atoms with Gasteiger partial charge in [0.25, 0.3) is 0 Å². The number of allylic oxidation sites excluding steroid dienone is 4. The third kappa shape index (κ3) is 2.61. The molecule has 0 aromatic carbocycles. The van der Waals surface area contributed by atoms with Gasteiger partial charge in [-0.15, -0.1) is 0 Å². The molecule has 4 rings (SSSR count). The van der Waals surface area contributed by atoms with Crippen molar-refractivity contribution in [2.75, 3.05) is 6.54 Å². The molecule has 4 aliphatic carbocycles. The van der Waals surface area contributed by atoms with Gasteiger partial charge in [0.05, 0.1) is 0 Å². The minimum atomic E-state index is -0.0922. The molecule has 0 aromatic heterocycles. The molecule has 0 aliphatic heterocycles. The van der Waals surface area contributed by atoms with Gasteiger partial charge in [-0.25, -0.2) is 0 Å². The first-order chi connectivity index (χ1) is 12.4. The largest absolute Gasteiger partial charge is 0.283 e. The first-order valence-corrected chi connectivity index (χ1v) is 10.6. The van der Waals surface area contributed by atoms with Gasteiger partial charge >= 0.3 is 0 Å². The molecule has 4 aliphatic rings. The Balaban J connectivity index is 1.70. The van der Waals surface area contributed by atoms with E-state index in [1.54, 1.807) is 16.7 Å². The zero-order chi connectivity index (χ0) is 18.5. The molecule has 0 saturated heterocycles. The van der Waals surface area contributed by atoms with Crippen molar-refractivity contribution in [3.8, 4) is 0 Å². The van der Waals surface area contributed by atoms with Crippen molar-refractivity contribution in [2.24, 2.45) is 16.7 Å². The average Bonchev–Trinajstić information content (AvgIpc) is 3.03. The van der Waals surface area contributed by atoms with Crippen molar-refractivity contribution < 1.29 is 9.59 Å². The number of rotatable bonds is 2. The quantitative estimate of drug-likeness (QED) is 0.641.